The molecule has 1 aromatic carbocycles. The first kappa shape index (κ1) is 13.8. The predicted molar refractivity (Wildman–Crippen MR) is 58.3 cm³/mol. The molecule has 8 heteroatoms. The average molecular weight is 260 g/mol. The van der Waals surface area contributed by atoms with Crippen molar-refractivity contribution >= 4 is 17.3 Å². The number of carbonyl (C=O) groups is 1. The normalized spacial score (nSPS) is 11.1. The lowest BCUT2D eigenvalue weighted by Gasteiger charge is -2.22. The van der Waals surface area contributed by atoms with E-state index in [9.17, 15) is 23.7 Å². The number of nitrogens with zero attached hydrogens (tertiary/aromatic N) is 1. The summed E-state index contributed by atoms with van der Waals surface area (Å²) >= 11 is 0. The Morgan fingerprint density at radius 2 is 2.00 bits per heavy atom. The number of carboxylic acids is 1. The van der Waals surface area contributed by atoms with Crippen molar-refractivity contribution in [2.75, 3.05) is 5.32 Å². The Balaban J connectivity index is 3.32. The fourth-order valence-corrected chi connectivity index (χ4v) is 1.24. The SMILES string of the molecule is CC(C)(Nc1cc(F)cc(F)c1[N+](=O)[O-])C(=O)O. The lowest BCUT2D eigenvalue weighted by Crippen LogP contribution is -2.40. The Morgan fingerprint density at radius 3 is 2.44 bits per heavy atom. The van der Waals surface area contributed by atoms with E-state index < -0.39 is 39.4 Å². The topological polar surface area (TPSA) is 92.5 Å². The van der Waals surface area contributed by atoms with Crippen molar-refractivity contribution in [3.8, 4) is 0 Å². The molecular formula is C10H10F2N2O4. The zero-order valence-electron chi connectivity index (χ0n) is 9.53. The highest BCUT2D eigenvalue weighted by Crippen LogP contribution is 2.31. The standard InChI is InChI=1S/C10H10F2N2O4/c1-10(2,9(15)16)13-7-4-5(11)3-6(12)8(7)14(17)18/h3-4,13H,1-2H3,(H,15,16). The summed E-state index contributed by atoms with van der Waals surface area (Å²) in [6, 6.07) is 1.03. The highest BCUT2D eigenvalue weighted by molar-refractivity contribution is 5.83. The van der Waals surface area contributed by atoms with Crippen LogP contribution in [0.4, 0.5) is 20.2 Å². The van der Waals surface area contributed by atoms with Gasteiger partial charge in [-0.3, -0.25) is 10.1 Å². The van der Waals surface area contributed by atoms with Crippen LogP contribution in [0.1, 0.15) is 13.8 Å². The van der Waals surface area contributed by atoms with Crippen molar-refractivity contribution in [1.82, 2.24) is 0 Å². The van der Waals surface area contributed by atoms with E-state index in [4.69, 9.17) is 5.11 Å². The molecule has 2 N–H and O–H groups in total. The molecule has 18 heavy (non-hydrogen) atoms. The van der Waals surface area contributed by atoms with Crippen LogP contribution in [0.5, 0.6) is 0 Å². The van der Waals surface area contributed by atoms with E-state index in [1.54, 1.807) is 0 Å². The number of aliphatic carboxylic acids is 1. The van der Waals surface area contributed by atoms with Crippen LogP contribution in [0.3, 0.4) is 0 Å². The summed E-state index contributed by atoms with van der Waals surface area (Å²) in [5.74, 6) is -3.73. The van der Waals surface area contributed by atoms with Gasteiger partial charge in [-0.25, -0.2) is 9.18 Å². The number of nitrogens with one attached hydrogen (secondary N) is 1. The first-order valence-electron chi connectivity index (χ1n) is 4.80. The van der Waals surface area contributed by atoms with E-state index in [1.165, 1.54) is 13.8 Å². The minimum atomic E-state index is -1.61. The van der Waals surface area contributed by atoms with E-state index in [0.29, 0.717) is 12.1 Å². The van der Waals surface area contributed by atoms with Gasteiger partial charge in [0.25, 0.3) is 0 Å². The number of halogens is 2. The van der Waals surface area contributed by atoms with Gasteiger partial charge in [-0.15, -0.1) is 0 Å². The number of anilines is 1. The van der Waals surface area contributed by atoms with Crippen molar-refractivity contribution in [2.45, 2.75) is 19.4 Å². The minimum Gasteiger partial charge on any atom is -0.480 e. The maximum absolute atomic E-state index is 13.3. The van der Waals surface area contributed by atoms with E-state index in [1.807, 2.05) is 0 Å². The molecule has 98 valence electrons. The summed E-state index contributed by atoms with van der Waals surface area (Å²) < 4.78 is 26.3. The molecule has 0 aliphatic rings. The monoisotopic (exact) mass is 260 g/mol. The zero-order valence-corrected chi connectivity index (χ0v) is 9.53. The summed E-state index contributed by atoms with van der Waals surface area (Å²) in [7, 11) is 0. The Morgan fingerprint density at radius 1 is 1.44 bits per heavy atom. The number of hydrogen-bond donors (Lipinski definition) is 2. The number of hydrogen-bond acceptors (Lipinski definition) is 4. The molecule has 1 rings (SSSR count). The third-order valence-electron chi connectivity index (χ3n) is 2.19. The van der Waals surface area contributed by atoms with E-state index in [-0.39, 0.29) is 0 Å². The van der Waals surface area contributed by atoms with Crippen LogP contribution < -0.4 is 5.32 Å². The molecule has 6 nitrogen and oxygen atoms in total. The van der Waals surface area contributed by atoms with Gasteiger partial charge in [0.15, 0.2) is 0 Å². The van der Waals surface area contributed by atoms with Gasteiger partial charge in [-0.2, -0.15) is 4.39 Å². The quantitative estimate of drug-likeness (QED) is 0.639. The van der Waals surface area contributed by atoms with Crippen molar-refractivity contribution in [1.29, 1.82) is 0 Å². The molecule has 0 radical (unpaired) electrons. The first-order chi connectivity index (χ1) is 8.15. The van der Waals surface area contributed by atoms with Gasteiger partial charge >= 0.3 is 11.7 Å². The molecule has 0 amide bonds. The molecule has 0 saturated heterocycles. The Labute approximate surface area is 100 Å². The average Bonchev–Trinajstić information content (AvgIpc) is 2.13. The summed E-state index contributed by atoms with van der Waals surface area (Å²) in [6.07, 6.45) is 0. The molecule has 0 heterocycles. The molecular weight excluding hydrogens is 250 g/mol. The lowest BCUT2D eigenvalue weighted by atomic mass is 10.1. The van der Waals surface area contributed by atoms with Crippen LogP contribution in [-0.4, -0.2) is 21.5 Å². The van der Waals surface area contributed by atoms with Crippen LogP contribution in [0.2, 0.25) is 0 Å². The molecule has 0 spiro atoms. The summed E-state index contributed by atoms with van der Waals surface area (Å²) in [6.45, 7) is 2.42. The number of carboxylic acid groups (broad SMARTS) is 1. The Hall–Kier alpha value is -2.25. The second kappa shape index (κ2) is 4.55. The molecule has 0 aromatic heterocycles. The highest BCUT2D eigenvalue weighted by Gasteiger charge is 2.31. The first-order valence-corrected chi connectivity index (χ1v) is 4.80. The molecule has 0 aliphatic heterocycles. The smallest absolute Gasteiger partial charge is 0.328 e. The summed E-state index contributed by atoms with van der Waals surface area (Å²) in [5, 5.41) is 21.7. The van der Waals surface area contributed by atoms with E-state index in [0.717, 1.165) is 0 Å². The fourth-order valence-electron chi connectivity index (χ4n) is 1.24. The van der Waals surface area contributed by atoms with Crippen LogP contribution in [0, 0.1) is 21.7 Å². The fraction of sp³-hybridized carbons (Fsp3) is 0.300. The highest BCUT2D eigenvalue weighted by atomic mass is 19.1. The number of nitro benzene ring substituents is 1. The van der Waals surface area contributed by atoms with Gasteiger partial charge in [-0.1, -0.05) is 0 Å². The van der Waals surface area contributed by atoms with Crippen LogP contribution in [0.15, 0.2) is 12.1 Å². The molecule has 0 fully saturated rings. The Kier molecular flexibility index (Phi) is 3.49. The molecule has 0 saturated carbocycles. The lowest BCUT2D eigenvalue weighted by molar-refractivity contribution is -0.386. The van der Waals surface area contributed by atoms with Gasteiger partial charge < -0.3 is 10.4 Å². The molecule has 0 aliphatic carbocycles. The Bertz CT molecular complexity index is 517. The second-order valence-electron chi connectivity index (χ2n) is 4.10. The summed E-state index contributed by atoms with van der Waals surface area (Å²) in [4.78, 5) is 20.5. The molecule has 0 atom stereocenters. The van der Waals surface area contributed by atoms with Gasteiger partial charge in [0.05, 0.1) is 4.92 Å². The largest absolute Gasteiger partial charge is 0.480 e. The number of benzene rings is 1. The van der Waals surface area contributed by atoms with Crippen molar-refractivity contribution in [2.24, 2.45) is 0 Å². The third-order valence-corrected chi connectivity index (χ3v) is 2.19. The van der Waals surface area contributed by atoms with Crippen molar-refractivity contribution < 1.29 is 23.6 Å². The molecule has 0 unspecified atom stereocenters. The summed E-state index contributed by atoms with van der Waals surface area (Å²) in [5.41, 5.74) is -3.12. The van der Waals surface area contributed by atoms with Gasteiger partial charge in [0.2, 0.25) is 5.82 Å². The molecule has 0 bridgehead atoms. The van der Waals surface area contributed by atoms with Crippen LogP contribution in [-0.2, 0) is 4.79 Å². The maximum atomic E-state index is 13.3. The van der Waals surface area contributed by atoms with Crippen LogP contribution >= 0.6 is 0 Å². The van der Waals surface area contributed by atoms with E-state index in [2.05, 4.69) is 5.32 Å². The van der Waals surface area contributed by atoms with Gasteiger partial charge in [0.1, 0.15) is 17.0 Å². The second-order valence-corrected chi connectivity index (χ2v) is 4.10. The van der Waals surface area contributed by atoms with Gasteiger partial charge in [0, 0.05) is 12.1 Å². The van der Waals surface area contributed by atoms with Gasteiger partial charge in [-0.05, 0) is 13.8 Å². The third kappa shape index (κ3) is 2.70. The van der Waals surface area contributed by atoms with Crippen molar-refractivity contribution in [3.05, 3.63) is 33.9 Å². The maximum Gasteiger partial charge on any atom is 0.328 e. The van der Waals surface area contributed by atoms with Crippen LogP contribution in [0.25, 0.3) is 0 Å². The number of rotatable bonds is 4. The predicted octanol–water partition coefficient (Wildman–Crippen LogP) is 2.15. The molecule has 1 aromatic rings. The minimum absolute atomic E-state index is 0.358. The zero-order chi connectivity index (χ0) is 14.1. The number of nitro groups is 1. The van der Waals surface area contributed by atoms with Crippen molar-refractivity contribution in [3.63, 3.8) is 0 Å². The van der Waals surface area contributed by atoms with E-state index >= 15 is 0 Å².